The molecule has 1 N–H and O–H groups in total. The third-order valence-electron chi connectivity index (χ3n) is 2.21. The minimum Gasteiger partial charge on any atom is -0.465 e. The highest BCUT2D eigenvalue weighted by molar-refractivity contribution is 5.82. The van der Waals surface area contributed by atoms with E-state index >= 15 is 0 Å². The third kappa shape index (κ3) is 5.52. The number of ether oxygens (including phenoxy) is 1. The Morgan fingerprint density at radius 3 is 2.33 bits per heavy atom. The van der Waals surface area contributed by atoms with Gasteiger partial charge in [-0.05, 0) is 27.2 Å². The normalized spacial score (nSPS) is 14.4. The molecule has 0 aliphatic rings. The fraction of sp³-hybridized carbons (Fsp3) is 0.818. The number of rotatable bonds is 7. The third-order valence-corrected chi connectivity index (χ3v) is 2.21. The lowest BCUT2D eigenvalue weighted by atomic mass is 10.1. The molecule has 0 saturated heterocycles. The standard InChI is InChI=1S/C11H21NO3/c1-5-7-10(11(14)15-6-2)12-8(3)9(4)13/h8,10,12H,5-7H2,1-4H3/t8-,10+/m0/s1. The topological polar surface area (TPSA) is 55.4 Å². The molecule has 4 heteroatoms. The van der Waals surface area contributed by atoms with E-state index in [1.807, 2.05) is 6.92 Å². The van der Waals surface area contributed by atoms with Crippen molar-refractivity contribution < 1.29 is 14.3 Å². The van der Waals surface area contributed by atoms with Gasteiger partial charge in [-0.1, -0.05) is 13.3 Å². The zero-order chi connectivity index (χ0) is 11.8. The number of carbonyl (C=O) groups excluding carboxylic acids is 2. The summed E-state index contributed by atoms with van der Waals surface area (Å²) in [6, 6.07) is -0.667. The van der Waals surface area contributed by atoms with E-state index in [2.05, 4.69) is 5.32 Å². The molecular formula is C11H21NO3. The highest BCUT2D eigenvalue weighted by Crippen LogP contribution is 2.01. The summed E-state index contributed by atoms with van der Waals surface area (Å²) in [7, 11) is 0. The summed E-state index contributed by atoms with van der Waals surface area (Å²) in [6.45, 7) is 7.40. The summed E-state index contributed by atoms with van der Waals surface area (Å²) >= 11 is 0. The molecule has 0 bridgehead atoms. The average molecular weight is 215 g/mol. The molecule has 0 aromatic heterocycles. The van der Waals surface area contributed by atoms with Gasteiger partial charge in [0.25, 0.3) is 0 Å². The summed E-state index contributed by atoms with van der Waals surface area (Å²) in [5.74, 6) is -0.243. The lowest BCUT2D eigenvalue weighted by Crippen LogP contribution is -2.45. The lowest BCUT2D eigenvalue weighted by Gasteiger charge is -2.19. The van der Waals surface area contributed by atoms with Crippen LogP contribution in [0, 0.1) is 0 Å². The molecule has 0 spiro atoms. The fourth-order valence-electron chi connectivity index (χ4n) is 1.22. The zero-order valence-corrected chi connectivity index (χ0v) is 10.0. The van der Waals surface area contributed by atoms with Gasteiger partial charge in [0.15, 0.2) is 0 Å². The highest BCUT2D eigenvalue weighted by Gasteiger charge is 2.21. The number of nitrogens with one attached hydrogen (secondary N) is 1. The molecule has 0 heterocycles. The number of carbonyl (C=O) groups is 2. The van der Waals surface area contributed by atoms with E-state index in [1.165, 1.54) is 6.92 Å². The average Bonchev–Trinajstić information content (AvgIpc) is 2.17. The van der Waals surface area contributed by atoms with Gasteiger partial charge >= 0.3 is 5.97 Å². The second kappa shape index (κ2) is 7.40. The summed E-state index contributed by atoms with van der Waals surface area (Å²) in [5, 5.41) is 2.98. The number of esters is 1. The largest absolute Gasteiger partial charge is 0.465 e. The number of Topliss-reactive ketones (excluding diaryl/α,β-unsaturated/α-hetero) is 1. The number of hydrogen-bond acceptors (Lipinski definition) is 4. The Kier molecular flexibility index (Phi) is 6.96. The summed E-state index contributed by atoms with van der Waals surface area (Å²) in [5.41, 5.74) is 0. The first kappa shape index (κ1) is 14.1. The van der Waals surface area contributed by atoms with Crippen molar-refractivity contribution in [2.45, 2.75) is 52.6 Å². The first-order chi connectivity index (χ1) is 7.02. The summed E-state index contributed by atoms with van der Waals surface area (Å²) < 4.78 is 4.92. The van der Waals surface area contributed by atoms with Crippen molar-refractivity contribution in [1.29, 1.82) is 0 Å². The van der Waals surface area contributed by atoms with Gasteiger partial charge < -0.3 is 4.74 Å². The minimum absolute atomic E-state index is 0.0281. The van der Waals surface area contributed by atoms with Crippen molar-refractivity contribution in [2.24, 2.45) is 0 Å². The van der Waals surface area contributed by atoms with Crippen LogP contribution < -0.4 is 5.32 Å². The Morgan fingerprint density at radius 2 is 1.93 bits per heavy atom. The van der Waals surface area contributed by atoms with Gasteiger partial charge in [0, 0.05) is 0 Å². The maximum absolute atomic E-state index is 11.5. The molecule has 88 valence electrons. The quantitative estimate of drug-likeness (QED) is 0.650. The van der Waals surface area contributed by atoms with Gasteiger partial charge in [0.2, 0.25) is 0 Å². The summed E-state index contributed by atoms with van der Waals surface area (Å²) in [4.78, 5) is 22.5. The molecular weight excluding hydrogens is 194 g/mol. The smallest absolute Gasteiger partial charge is 0.323 e. The molecule has 0 radical (unpaired) electrons. The van der Waals surface area contributed by atoms with E-state index in [0.29, 0.717) is 13.0 Å². The molecule has 15 heavy (non-hydrogen) atoms. The van der Waals surface area contributed by atoms with Gasteiger partial charge in [-0.3, -0.25) is 14.9 Å². The van der Waals surface area contributed by atoms with Crippen LogP contribution in [0.25, 0.3) is 0 Å². The van der Waals surface area contributed by atoms with Crippen molar-refractivity contribution in [3.8, 4) is 0 Å². The molecule has 0 saturated carbocycles. The predicted molar refractivity (Wildman–Crippen MR) is 58.6 cm³/mol. The molecule has 0 aromatic carbocycles. The first-order valence-corrected chi connectivity index (χ1v) is 5.46. The zero-order valence-electron chi connectivity index (χ0n) is 10.0. The molecule has 0 rings (SSSR count). The molecule has 4 nitrogen and oxygen atoms in total. The number of hydrogen-bond donors (Lipinski definition) is 1. The van der Waals surface area contributed by atoms with Crippen LogP contribution in [0.4, 0.5) is 0 Å². The molecule has 0 aliphatic carbocycles. The first-order valence-electron chi connectivity index (χ1n) is 5.46. The molecule has 0 unspecified atom stereocenters. The molecule has 0 fully saturated rings. The van der Waals surface area contributed by atoms with Crippen LogP contribution >= 0.6 is 0 Å². The number of ketones is 1. The van der Waals surface area contributed by atoms with Crippen LogP contribution in [0.2, 0.25) is 0 Å². The molecule has 0 aliphatic heterocycles. The molecule has 2 atom stereocenters. The fourth-order valence-corrected chi connectivity index (χ4v) is 1.22. The Labute approximate surface area is 91.4 Å². The second-order valence-corrected chi connectivity index (χ2v) is 3.59. The van der Waals surface area contributed by atoms with E-state index in [0.717, 1.165) is 6.42 Å². The monoisotopic (exact) mass is 215 g/mol. The van der Waals surface area contributed by atoms with E-state index in [-0.39, 0.29) is 23.8 Å². The van der Waals surface area contributed by atoms with Crippen molar-refractivity contribution in [3.63, 3.8) is 0 Å². The molecule has 0 amide bonds. The van der Waals surface area contributed by atoms with Crippen molar-refractivity contribution in [1.82, 2.24) is 5.32 Å². The van der Waals surface area contributed by atoms with Crippen LogP contribution in [-0.4, -0.2) is 30.4 Å². The van der Waals surface area contributed by atoms with Crippen molar-refractivity contribution in [2.75, 3.05) is 6.61 Å². The molecule has 0 aromatic rings. The SMILES string of the molecule is CCC[C@@H](N[C@@H](C)C(C)=O)C(=O)OCC. The van der Waals surface area contributed by atoms with Crippen molar-refractivity contribution in [3.05, 3.63) is 0 Å². The van der Waals surface area contributed by atoms with E-state index in [4.69, 9.17) is 4.74 Å². The maximum Gasteiger partial charge on any atom is 0.323 e. The van der Waals surface area contributed by atoms with Crippen LogP contribution in [0.3, 0.4) is 0 Å². The lowest BCUT2D eigenvalue weighted by molar-refractivity contribution is -0.146. The Hall–Kier alpha value is -0.900. The van der Waals surface area contributed by atoms with Crippen molar-refractivity contribution >= 4 is 11.8 Å². The van der Waals surface area contributed by atoms with Gasteiger partial charge in [-0.15, -0.1) is 0 Å². The van der Waals surface area contributed by atoms with Crippen LogP contribution in [0.5, 0.6) is 0 Å². The van der Waals surface area contributed by atoms with Gasteiger partial charge in [-0.25, -0.2) is 0 Å². The summed E-state index contributed by atoms with van der Waals surface area (Å²) in [6.07, 6.45) is 1.57. The van der Waals surface area contributed by atoms with Crippen LogP contribution in [0.15, 0.2) is 0 Å². The van der Waals surface area contributed by atoms with Gasteiger partial charge in [-0.2, -0.15) is 0 Å². The van der Waals surface area contributed by atoms with Gasteiger partial charge in [0.05, 0.1) is 12.6 Å². The van der Waals surface area contributed by atoms with Crippen LogP contribution in [-0.2, 0) is 14.3 Å². The van der Waals surface area contributed by atoms with E-state index in [1.54, 1.807) is 13.8 Å². The van der Waals surface area contributed by atoms with Crippen LogP contribution in [0.1, 0.15) is 40.5 Å². The van der Waals surface area contributed by atoms with Gasteiger partial charge in [0.1, 0.15) is 11.8 Å². The Balaban J connectivity index is 4.25. The second-order valence-electron chi connectivity index (χ2n) is 3.59. The van der Waals surface area contributed by atoms with E-state index in [9.17, 15) is 9.59 Å². The Morgan fingerprint density at radius 1 is 1.33 bits per heavy atom. The van der Waals surface area contributed by atoms with E-state index < -0.39 is 0 Å². The minimum atomic E-state index is -0.367. The Bertz CT molecular complexity index is 216. The highest BCUT2D eigenvalue weighted by atomic mass is 16.5. The maximum atomic E-state index is 11.5. The predicted octanol–water partition coefficient (Wildman–Crippen LogP) is 1.29.